The fourth-order valence-corrected chi connectivity index (χ4v) is 6.34. The van der Waals surface area contributed by atoms with Gasteiger partial charge in [-0.25, -0.2) is 4.79 Å². The average Bonchev–Trinajstić information content (AvgIpc) is 3.31. The topological polar surface area (TPSA) is 73.5 Å². The van der Waals surface area contributed by atoms with Crippen LogP contribution in [0.1, 0.15) is 63.5 Å². The molecule has 2 aromatic carbocycles. The van der Waals surface area contributed by atoms with Crippen molar-refractivity contribution in [3.8, 4) is 0 Å². The molecule has 0 unspecified atom stereocenters. The van der Waals surface area contributed by atoms with Crippen LogP contribution in [0.15, 0.2) is 54.6 Å². The first-order chi connectivity index (χ1) is 16.7. The third kappa shape index (κ3) is 4.50. The number of nitrogens with one attached hydrogen (secondary N) is 3. The Morgan fingerprint density at radius 1 is 1.00 bits per heavy atom. The highest BCUT2D eigenvalue weighted by molar-refractivity contribution is 5.90. The molecule has 3 aliphatic rings. The predicted octanol–water partition coefficient (Wildman–Crippen LogP) is 5.55. The van der Waals surface area contributed by atoms with E-state index in [9.17, 15) is 9.59 Å². The van der Waals surface area contributed by atoms with Gasteiger partial charge in [-0.2, -0.15) is 0 Å². The predicted molar refractivity (Wildman–Crippen MR) is 136 cm³/mol. The fraction of sp³-hybridized carbons (Fsp3) is 0.500. The third-order valence-electron chi connectivity index (χ3n) is 7.90. The molecule has 2 aromatic rings. The van der Waals surface area contributed by atoms with Crippen LogP contribution in [0, 0.1) is 11.8 Å². The third-order valence-corrected chi connectivity index (χ3v) is 7.90. The molecule has 0 bridgehead atoms. The van der Waals surface area contributed by atoms with E-state index in [1.807, 2.05) is 30.3 Å². The van der Waals surface area contributed by atoms with E-state index in [0.29, 0.717) is 12.0 Å². The summed E-state index contributed by atoms with van der Waals surface area (Å²) < 4.78 is 0. The lowest BCUT2D eigenvalue weighted by atomic mass is 9.80. The number of fused-ring (bicyclic) bond motifs is 3. The van der Waals surface area contributed by atoms with Crippen LogP contribution in [0.2, 0.25) is 0 Å². The van der Waals surface area contributed by atoms with Crippen molar-refractivity contribution in [3.63, 3.8) is 0 Å². The van der Waals surface area contributed by atoms with Gasteiger partial charge in [0.15, 0.2) is 0 Å². The van der Waals surface area contributed by atoms with Gasteiger partial charge < -0.3 is 20.9 Å². The number of para-hydroxylation sites is 2. The summed E-state index contributed by atoms with van der Waals surface area (Å²) in [5, 5.41) is 9.81. The molecule has 1 saturated heterocycles. The Morgan fingerprint density at radius 3 is 2.59 bits per heavy atom. The summed E-state index contributed by atoms with van der Waals surface area (Å²) in [5.74, 6) is 0.486. The van der Waals surface area contributed by atoms with Gasteiger partial charge >= 0.3 is 6.03 Å². The van der Waals surface area contributed by atoms with Crippen LogP contribution < -0.4 is 16.0 Å². The van der Waals surface area contributed by atoms with Crippen molar-refractivity contribution in [1.82, 2.24) is 10.2 Å². The molecule has 34 heavy (non-hydrogen) atoms. The number of carbonyl (C=O) groups excluding carboxylic acids is 2. The molecule has 3 N–H and O–H groups in total. The highest BCUT2D eigenvalue weighted by Crippen LogP contribution is 2.48. The van der Waals surface area contributed by atoms with Gasteiger partial charge in [0.1, 0.15) is 0 Å². The second-order valence-corrected chi connectivity index (χ2v) is 10.0. The van der Waals surface area contributed by atoms with Crippen LogP contribution in [0.25, 0.3) is 0 Å². The average molecular weight is 461 g/mol. The fourth-order valence-electron chi connectivity index (χ4n) is 6.34. The van der Waals surface area contributed by atoms with E-state index < -0.39 is 0 Å². The van der Waals surface area contributed by atoms with Gasteiger partial charge in [0, 0.05) is 35.9 Å². The van der Waals surface area contributed by atoms with E-state index in [4.69, 9.17) is 0 Å². The Kier molecular flexibility index (Phi) is 6.75. The Labute approximate surface area is 202 Å². The molecule has 2 aliphatic heterocycles. The molecule has 2 fully saturated rings. The summed E-state index contributed by atoms with van der Waals surface area (Å²) >= 11 is 0. The first-order valence-electron chi connectivity index (χ1n) is 12.9. The minimum atomic E-state index is -0.231. The molecular formula is C28H36N4O2. The molecule has 1 saturated carbocycles. The standard InChI is InChI=1S/C28H36N4O2/c1-2-10-23-21-17-18-32(26(21)20-13-6-8-15-24(20)30-23)27(33)22-14-7-9-16-25(22)31-28(34)29-19-11-4-3-5-12-19/h3-6,8,11-13,15,21-23,25-26,30H,2,7,9-10,14,16-18H2,1H3,(H2,29,31,34)/t21-,22+,23+,25-,26+/m1/s1. The number of carbonyl (C=O) groups is 2. The number of likely N-dealkylation sites (tertiary alicyclic amines) is 1. The molecule has 5 rings (SSSR count). The Hall–Kier alpha value is -3.02. The van der Waals surface area contributed by atoms with Crippen LogP contribution in [0.3, 0.4) is 0 Å². The quantitative estimate of drug-likeness (QED) is 0.548. The van der Waals surface area contributed by atoms with Crippen molar-refractivity contribution in [2.45, 2.75) is 70.0 Å². The lowest BCUT2D eigenvalue weighted by Crippen LogP contribution is -2.51. The summed E-state index contributed by atoms with van der Waals surface area (Å²) in [6.07, 6.45) is 7.03. The van der Waals surface area contributed by atoms with Gasteiger partial charge in [0.25, 0.3) is 0 Å². The van der Waals surface area contributed by atoms with E-state index in [1.165, 1.54) is 11.3 Å². The molecule has 0 aromatic heterocycles. The van der Waals surface area contributed by atoms with Crippen molar-refractivity contribution in [2.24, 2.45) is 11.8 Å². The molecule has 180 valence electrons. The van der Waals surface area contributed by atoms with Gasteiger partial charge in [-0.3, -0.25) is 4.79 Å². The van der Waals surface area contributed by atoms with Gasteiger partial charge in [0.05, 0.1) is 12.0 Å². The molecule has 0 spiro atoms. The van der Waals surface area contributed by atoms with Crippen molar-refractivity contribution in [2.75, 3.05) is 17.2 Å². The summed E-state index contributed by atoms with van der Waals surface area (Å²) in [6, 6.07) is 18.1. The van der Waals surface area contributed by atoms with Crippen LogP contribution in [-0.2, 0) is 4.79 Å². The molecule has 0 radical (unpaired) electrons. The van der Waals surface area contributed by atoms with E-state index in [-0.39, 0.29) is 29.9 Å². The molecule has 6 heteroatoms. The maximum Gasteiger partial charge on any atom is 0.319 e. The summed E-state index contributed by atoms with van der Waals surface area (Å²) in [4.78, 5) is 28.9. The SMILES string of the molecule is CCC[C@@H]1Nc2ccccc2[C@H]2[C@@H]1CCN2C(=O)[C@H]1CCCC[C@H]1NC(=O)Nc1ccccc1. The minimum Gasteiger partial charge on any atom is -0.382 e. The highest BCUT2D eigenvalue weighted by atomic mass is 16.2. The second-order valence-electron chi connectivity index (χ2n) is 10.0. The van der Waals surface area contributed by atoms with Crippen LogP contribution in [0.4, 0.5) is 16.2 Å². The normalized spacial score (nSPS) is 27.8. The lowest BCUT2D eigenvalue weighted by Gasteiger charge is -2.42. The smallest absolute Gasteiger partial charge is 0.319 e. The van der Waals surface area contributed by atoms with Gasteiger partial charge in [-0.1, -0.05) is 62.6 Å². The monoisotopic (exact) mass is 460 g/mol. The summed E-state index contributed by atoms with van der Waals surface area (Å²) in [7, 11) is 0. The number of nitrogens with zero attached hydrogens (tertiary/aromatic N) is 1. The summed E-state index contributed by atoms with van der Waals surface area (Å²) in [6.45, 7) is 3.03. The number of amides is 3. The number of benzene rings is 2. The van der Waals surface area contributed by atoms with Crippen molar-refractivity contribution >= 4 is 23.3 Å². The summed E-state index contributed by atoms with van der Waals surface area (Å²) in [5.41, 5.74) is 3.17. The minimum absolute atomic E-state index is 0.127. The highest BCUT2D eigenvalue weighted by Gasteiger charge is 2.47. The first-order valence-corrected chi connectivity index (χ1v) is 12.9. The largest absolute Gasteiger partial charge is 0.382 e. The van der Waals surface area contributed by atoms with Crippen LogP contribution in [-0.4, -0.2) is 35.5 Å². The van der Waals surface area contributed by atoms with Crippen molar-refractivity contribution in [3.05, 3.63) is 60.2 Å². The maximum absolute atomic E-state index is 14.0. The number of hydrogen-bond acceptors (Lipinski definition) is 3. The number of urea groups is 1. The number of anilines is 2. The zero-order valence-electron chi connectivity index (χ0n) is 20.0. The van der Waals surface area contributed by atoms with Crippen LogP contribution >= 0.6 is 0 Å². The van der Waals surface area contributed by atoms with E-state index in [0.717, 1.165) is 57.2 Å². The second kappa shape index (κ2) is 10.1. The molecule has 5 atom stereocenters. The van der Waals surface area contributed by atoms with Crippen molar-refractivity contribution < 1.29 is 9.59 Å². The molecule has 2 heterocycles. The zero-order chi connectivity index (χ0) is 23.5. The van der Waals surface area contributed by atoms with Crippen LogP contribution in [0.5, 0.6) is 0 Å². The number of hydrogen-bond donors (Lipinski definition) is 3. The molecule has 1 aliphatic carbocycles. The van der Waals surface area contributed by atoms with E-state index >= 15 is 0 Å². The van der Waals surface area contributed by atoms with Gasteiger partial charge in [-0.15, -0.1) is 0 Å². The van der Waals surface area contributed by atoms with Gasteiger partial charge in [0.2, 0.25) is 5.91 Å². The molecule has 6 nitrogen and oxygen atoms in total. The maximum atomic E-state index is 14.0. The zero-order valence-corrected chi connectivity index (χ0v) is 20.0. The lowest BCUT2D eigenvalue weighted by molar-refractivity contribution is -0.138. The molecular weight excluding hydrogens is 424 g/mol. The Balaban J connectivity index is 1.34. The van der Waals surface area contributed by atoms with E-state index in [2.05, 4.69) is 52.0 Å². The first kappa shape index (κ1) is 22.8. The van der Waals surface area contributed by atoms with Gasteiger partial charge in [-0.05, 0) is 49.4 Å². The number of rotatable bonds is 5. The molecule has 3 amide bonds. The Morgan fingerprint density at radius 2 is 1.76 bits per heavy atom. The van der Waals surface area contributed by atoms with Crippen molar-refractivity contribution in [1.29, 1.82) is 0 Å². The van der Waals surface area contributed by atoms with E-state index in [1.54, 1.807) is 0 Å². The Bertz CT molecular complexity index is 1010.